The molecule has 0 bridgehead atoms. The first-order valence-electron chi connectivity index (χ1n) is 8.27. The van der Waals surface area contributed by atoms with Gasteiger partial charge in [-0.3, -0.25) is 0 Å². The van der Waals surface area contributed by atoms with E-state index in [9.17, 15) is 28.2 Å². The van der Waals surface area contributed by atoms with Crippen molar-refractivity contribution in [2.75, 3.05) is 6.54 Å². The van der Waals surface area contributed by atoms with Gasteiger partial charge in [0.05, 0.1) is 12.1 Å². The Balaban J connectivity index is 2.09. The van der Waals surface area contributed by atoms with Crippen LogP contribution in [0.5, 0.6) is 0 Å². The molecule has 0 saturated carbocycles. The third-order valence-electron chi connectivity index (χ3n) is 4.81. The number of aliphatic hydroxyl groups is 1. The third-order valence-corrected chi connectivity index (χ3v) is 4.81. The average Bonchev–Trinajstić information content (AvgIpc) is 3.09. The SMILES string of the molecule is O=C(O)N1CCC[C@@H]1[C@@H](O)[C@@H](c1cccc(F)c1)c1cccc(F)c1F. The molecule has 7 heteroatoms. The normalized spacial score (nSPS) is 19.4. The Labute approximate surface area is 148 Å². The number of carbonyl (C=O) groups is 1. The molecule has 4 nitrogen and oxygen atoms in total. The second-order valence-corrected chi connectivity index (χ2v) is 6.35. The predicted octanol–water partition coefficient (Wildman–Crippen LogP) is 3.74. The Hall–Kier alpha value is -2.54. The highest BCUT2D eigenvalue weighted by atomic mass is 19.2. The first-order valence-corrected chi connectivity index (χ1v) is 8.27. The number of amides is 1. The second-order valence-electron chi connectivity index (χ2n) is 6.35. The molecular formula is C19H18F3NO3. The van der Waals surface area contributed by atoms with Gasteiger partial charge < -0.3 is 15.1 Å². The highest BCUT2D eigenvalue weighted by Gasteiger charge is 2.40. The van der Waals surface area contributed by atoms with Crippen molar-refractivity contribution in [1.82, 2.24) is 4.90 Å². The van der Waals surface area contributed by atoms with Gasteiger partial charge in [-0.1, -0.05) is 24.3 Å². The van der Waals surface area contributed by atoms with Crippen LogP contribution in [0.4, 0.5) is 18.0 Å². The zero-order chi connectivity index (χ0) is 18.8. The zero-order valence-electron chi connectivity index (χ0n) is 13.8. The number of hydrogen-bond donors (Lipinski definition) is 2. The predicted molar refractivity (Wildman–Crippen MR) is 88.4 cm³/mol. The van der Waals surface area contributed by atoms with E-state index >= 15 is 0 Å². The van der Waals surface area contributed by atoms with Gasteiger partial charge in [0.2, 0.25) is 0 Å². The number of hydrogen-bond acceptors (Lipinski definition) is 2. The van der Waals surface area contributed by atoms with Gasteiger partial charge in [0.25, 0.3) is 0 Å². The molecule has 0 unspecified atom stereocenters. The van der Waals surface area contributed by atoms with E-state index in [4.69, 9.17) is 0 Å². The summed E-state index contributed by atoms with van der Waals surface area (Å²) >= 11 is 0. The number of nitrogens with zero attached hydrogens (tertiary/aromatic N) is 1. The Bertz CT molecular complexity index is 814. The molecule has 138 valence electrons. The van der Waals surface area contributed by atoms with Gasteiger partial charge in [-0.05, 0) is 36.6 Å². The first-order chi connectivity index (χ1) is 12.4. The Morgan fingerprint density at radius 3 is 2.58 bits per heavy atom. The smallest absolute Gasteiger partial charge is 0.407 e. The monoisotopic (exact) mass is 365 g/mol. The van der Waals surface area contributed by atoms with E-state index in [1.54, 1.807) is 0 Å². The number of carboxylic acid groups (broad SMARTS) is 1. The van der Waals surface area contributed by atoms with Crippen molar-refractivity contribution in [3.63, 3.8) is 0 Å². The maximum absolute atomic E-state index is 14.4. The molecule has 1 aliphatic rings. The summed E-state index contributed by atoms with van der Waals surface area (Å²) < 4.78 is 41.9. The lowest BCUT2D eigenvalue weighted by Crippen LogP contribution is -2.45. The van der Waals surface area contributed by atoms with Crippen LogP contribution in [0.1, 0.15) is 29.9 Å². The van der Waals surface area contributed by atoms with Crippen LogP contribution in [0.2, 0.25) is 0 Å². The van der Waals surface area contributed by atoms with Crippen LogP contribution in [0, 0.1) is 17.5 Å². The fraction of sp³-hybridized carbons (Fsp3) is 0.316. The lowest BCUT2D eigenvalue weighted by atomic mass is 9.82. The van der Waals surface area contributed by atoms with Crippen molar-refractivity contribution < 1.29 is 28.2 Å². The minimum Gasteiger partial charge on any atom is -0.465 e. The van der Waals surface area contributed by atoms with Crippen LogP contribution in [-0.4, -0.2) is 39.9 Å². The van der Waals surface area contributed by atoms with Crippen LogP contribution in [0.15, 0.2) is 42.5 Å². The Morgan fingerprint density at radius 1 is 1.15 bits per heavy atom. The summed E-state index contributed by atoms with van der Waals surface area (Å²) in [6.07, 6.45) is -1.61. The summed E-state index contributed by atoms with van der Waals surface area (Å²) in [5.74, 6) is -3.91. The molecule has 2 aromatic carbocycles. The van der Waals surface area contributed by atoms with Crippen LogP contribution in [0.25, 0.3) is 0 Å². The molecule has 26 heavy (non-hydrogen) atoms. The summed E-state index contributed by atoms with van der Waals surface area (Å²) in [5.41, 5.74) is 0.111. The first kappa shape index (κ1) is 18.3. The van der Waals surface area contributed by atoms with E-state index in [-0.39, 0.29) is 17.7 Å². The average molecular weight is 365 g/mol. The Kier molecular flexibility index (Phi) is 5.18. The molecule has 3 atom stereocenters. The summed E-state index contributed by atoms with van der Waals surface area (Å²) in [5, 5.41) is 20.2. The van der Waals surface area contributed by atoms with Gasteiger partial charge in [-0.25, -0.2) is 18.0 Å². The fourth-order valence-electron chi connectivity index (χ4n) is 3.63. The zero-order valence-corrected chi connectivity index (χ0v) is 13.8. The summed E-state index contributed by atoms with van der Waals surface area (Å²) in [7, 11) is 0. The van der Waals surface area contributed by atoms with E-state index < -0.39 is 41.6 Å². The molecule has 1 heterocycles. The van der Waals surface area contributed by atoms with Crippen LogP contribution in [-0.2, 0) is 0 Å². The van der Waals surface area contributed by atoms with Crippen molar-refractivity contribution in [1.29, 1.82) is 0 Å². The molecular weight excluding hydrogens is 347 g/mol. The molecule has 0 aromatic heterocycles. The van der Waals surface area contributed by atoms with Gasteiger partial charge in [0.15, 0.2) is 11.6 Å². The van der Waals surface area contributed by atoms with E-state index in [1.807, 2.05) is 0 Å². The summed E-state index contributed by atoms with van der Waals surface area (Å²) in [6.45, 7) is 0.249. The van der Waals surface area contributed by atoms with Gasteiger partial charge in [-0.15, -0.1) is 0 Å². The van der Waals surface area contributed by atoms with E-state index in [0.717, 1.165) is 17.0 Å². The number of rotatable bonds is 4. The fourth-order valence-corrected chi connectivity index (χ4v) is 3.63. The van der Waals surface area contributed by atoms with E-state index in [2.05, 4.69) is 0 Å². The summed E-state index contributed by atoms with van der Waals surface area (Å²) in [6, 6.07) is 8.03. The third kappa shape index (κ3) is 3.39. The standard InChI is InChI=1S/C19H18F3NO3/c20-12-5-1-4-11(10-12)16(13-6-2-7-14(21)17(13)22)18(24)15-8-3-9-23(15)19(25)26/h1-2,4-7,10,15-16,18,24H,3,8-9H2,(H,25,26)/t15-,16+,18-/m1/s1. The van der Waals surface area contributed by atoms with Crippen molar-refractivity contribution in [3.8, 4) is 0 Å². The van der Waals surface area contributed by atoms with Gasteiger partial charge in [0, 0.05) is 18.0 Å². The molecule has 1 amide bonds. The molecule has 0 spiro atoms. The quantitative estimate of drug-likeness (QED) is 0.868. The van der Waals surface area contributed by atoms with Crippen molar-refractivity contribution in [2.45, 2.75) is 30.9 Å². The molecule has 2 aromatic rings. The molecule has 2 N–H and O–H groups in total. The minimum atomic E-state index is -1.35. The molecule has 3 rings (SSSR count). The van der Waals surface area contributed by atoms with Crippen LogP contribution in [0.3, 0.4) is 0 Å². The van der Waals surface area contributed by atoms with Gasteiger partial charge in [-0.2, -0.15) is 0 Å². The van der Waals surface area contributed by atoms with E-state index in [1.165, 1.54) is 30.3 Å². The molecule has 1 fully saturated rings. The molecule has 0 aliphatic carbocycles. The highest BCUT2D eigenvalue weighted by molar-refractivity contribution is 5.66. The molecule has 1 saturated heterocycles. The van der Waals surface area contributed by atoms with Crippen molar-refractivity contribution in [3.05, 3.63) is 71.0 Å². The van der Waals surface area contributed by atoms with Crippen LogP contribution >= 0.6 is 0 Å². The number of aliphatic hydroxyl groups excluding tert-OH is 1. The van der Waals surface area contributed by atoms with Crippen molar-refractivity contribution in [2.24, 2.45) is 0 Å². The lowest BCUT2D eigenvalue weighted by Gasteiger charge is -2.32. The van der Waals surface area contributed by atoms with E-state index in [0.29, 0.717) is 12.8 Å². The Morgan fingerprint density at radius 2 is 1.88 bits per heavy atom. The highest BCUT2D eigenvalue weighted by Crippen LogP contribution is 2.36. The van der Waals surface area contributed by atoms with Gasteiger partial charge >= 0.3 is 6.09 Å². The molecule has 0 radical (unpaired) electrons. The minimum absolute atomic E-state index is 0.139. The largest absolute Gasteiger partial charge is 0.465 e. The van der Waals surface area contributed by atoms with Gasteiger partial charge in [0.1, 0.15) is 5.82 Å². The number of halogens is 3. The summed E-state index contributed by atoms with van der Waals surface area (Å²) in [4.78, 5) is 12.5. The second kappa shape index (κ2) is 7.37. The molecule has 1 aliphatic heterocycles. The van der Waals surface area contributed by atoms with Crippen molar-refractivity contribution >= 4 is 6.09 Å². The van der Waals surface area contributed by atoms with Crippen LogP contribution < -0.4 is 0 Å². The maximum atomic E-state index is 14.4. The number of likely N-dealkylation sites (tertiary alicyclic amines) is 1. The lowest BCUT2D eigenvalue weighted by molar-refractivity contribution is 0.0575. The maximum Gasteiger partial charge on any atom is 0.407 e. The topological polar surface area (TPSA) is 60.8 Å². The number of benzene rings is 2.